The summed E-state index contributed by atoms with van der Waals surface area (Å²) in [4.78, 5) is 60.7. The van der Waals surface area contributed by atoms with Gasteiger partial charge in [0.15, 0.2) is 6.04 Å². The van der Waals surface area contributed by atoms with Crippen molar-refractivity contribution in [3.63, 3.8) is 0 Å². The van der Waals surface area contributed by atoms with Crippen molar-refractivity contribution in [1.29, 1.82) is 0 Å². The van der Waals surface area contributed by atoms with Crippen LogP contribution in [0.3, 0.4) is 0 Å². The number of aliphatic imine (C=N–C) groups is 1. The van der Waals surface area contributed by atoms with E-state index in [9.17, 15) is 19.2 Å². The van der Waals surface area contributed by atoms with Crippen LogP contribution in [0.15, 0.2) is 4.99 Å². The summed E-state index contributed by atoms with van der Waals surface area (Å²) in [5.74, 6) is -1.57. The molecular weight excluding hydrogens is 584 g/mol. The Morgan fingerprint density at radius 2 is 1.43 bits per heavy atom. The molecule has 0 aromatic carbocycles. The van der Waals surface area contributed by atoms with Gasteiger partial charge in [0, 0.05) is 22.6 Å². The van der Waals surface area contributed by atoms with Gasteiger partial charge in [-0.1, -0.05) is 28.8 Å². The number of esters is 2. The molecule has 0 bridgehead atoms. The quantitative estimate of drug-likeness (QED) is 0.111. The van der Waals surface area contributed by atoms with Crippen molar-refractivity contribution in [2.75, 3.05) is 19.9 Å². The number of likely N-dealkylation sites (tertiary alicyclic amines) is 1. The van der Waals surface area contributed by atoms with Crippen molar-refractivity contribution in [2.45, 2.75) is 96.6 Å². The first kappa shape index (κ1) is 27.1. The van der Waals surface area contributed by atoms with E-state index in [-0.39, 0.29) is 27.4 Å². The number of amides is 2. The van der Waals surface area contributed by atoms with Gasteiger partial charge in [-0.3, -0.25) is 14.6 Å². The highest BCUT2D eigenvalue weighted by atomic mass is 79.9. The first-order chi connectivity index (χ1) is 17.4. The van der Waals surface area contributed by atoms with Gasteiger partial charge >= 0.3 is 11.9 Å². The van der Waals surface area contributed by atoms with Crippen molar-refractivity contribution in [2.24, 2.45) is 4.99 Å². The molecule has 6 atom stereocenters. The molecule has 0 aromatic heterocycles. The van der Waals surface area contributed by atoms with Crippen LogP contribution >= 0.6 is 39.5 Å². The molecule has 5 aliphatic heterocycles. The zero-order chi connectivity index (χ0) is 26.7. The fraction of sp³-hybridized carbons (Fsp3) is 0.792. The molecule has 37 heavy (non-hydrogen) atoms. The number of carbonyl (C=O) groups is 4. The van der Waals surface area contributed by atoms with Gasteiger partial charge in [0.2, 0.25) is 12.7 Å². The van der Waals surface area contributed by atoms with E-state index in [0.29, 0.717) is 0 Å². The Bertz CT molecular complexity index is 1020. The summed E-state index contributed by atoms with van der Waals surface area (Å²) in [6, 6.07) is -2.07. The molecule has 0 N–H and O–H groups in total. The Hall–Kier alpha value is -1.47. The summed E-state index contributed by atoms with van der Waals surface area (Å²) < 4.78 is 9.52. The highest BCUT2D eigenvalue weighted by Gasteiger charge is 2.65. The zero-order valence-electron chi connectivity index (χ0n) is 21.4. The van der Waals surface area contributed by atoms with Gasteiger partial charge in [-0.05, 0) is 40.5 Å². The normalized spacial score (nSPS) is 36.0. The molecule has 5 fully saturated rings. The van der Waals surface area contributed by atoms with Gasteiger partial charge < -0.3 is 24.2 Å². The van der Waals surface area contributed by atoms with E-state index in [1.165, 1.54) is 41.3 Å². The van der Waals surface area contributed by atoms with Crippen molar-refractivity contribution < 1.29 is 28.7 Å². The Morgan fingerprint density at radius 3 is 2.00 bits per heavy atom. The van der Waals surface area contributed by atoms with Crippen molar-refractivity contribution in [1.82, 2.24) is 14.7 Å². The van der Waals surface area contributed by atoms with Gasteiger partial charge in [0.25, 0.3) is 5.91 Å². The Balaban J connectivity index is 1.16. The molecule has 1 unspecified atom stereocenters. The summed E-state index contributed by atoms with van der Waals surface area (Å²) in [6.07, 6.45) is 6.50. The molecule has 2 amide bonds. The molecule has 0 radical (unpaired) electrons. The Labute approximate surface area is 233 Å². The van der Waals surface area contributed by atoms with E-state index in [1.54, 1.807) is 11.2 Å². The minimum Gasteiger partial charge on any atom is -0.426 e. The van der Waals surface area contributed by atoms with Crippen LogP contribution in [0.2, 0.25) is 0 Å². The van der Waals surface area contributed by atoms with Crippen LogP contribution in [0.5, 0.6) is 0 Å². The molecule has 0 aliphatic carbocycles. The van der Waals surface area contributed by atoms with Gasteiger partial charge in [0.05, 0.1) is 6.34 Å². The fourth-order valence-electron chi connectivity index (χ4n) is 5.74. The van der Waals surface area contributed by atoms with Crippen LogP contribution in [0, 0.1) is 0 Å². The molecule has 5 heterocycles. The summed E-state index contributed by atoms with van der Waals surface area (Å²) >= 11 is 6.43. The molecule has 13 heteroatoms. The van der Waals surface area contributed by atoms with E-state index in [4.69, 9.17) is 9.47 Å². The number of thioether (sulfide) groups is 2. The van der Waals surface area contributed by atoms with Crippen LogP contribution in [0.4, 0.5) is 0 Å². The number of hydrogen-bond donors (Lipinski definition) is 0. The zero-order valence-corrected chi connectivity index (χ0v) is 24.6. The fourth-order valence-corrected chi connectivity index (χ4v) is 9.71. The van der Waals surface area contributed by atoms with Gasteiger partial charge in [-0.15, -0.1) is 23.5 Å². The molecule has 5 aliphatic rings. The van der Waals surface area contributed by atoms with Crippen LogP contribution in [-0.2, 0) is 28.7 Å². The molecular formula is C24H33BrN4O6S2. The molecule has 204 valence electrons. The van der Waals surface area contributed by atoms with Crippen LogP contribution in [-0.4, -0.2) is 108 Å². The van der Waals surface area contributed by atoms with E-state index in [2.05, 4.69) is 25.8 Å². The number of nitrogens with zero attached hydrogens (tertiary/aromatic N) is 4. The van der Waals surface area contributed by atoms with Crippen molar-refractivity contribution in [3.8, 4) is 0 Å². The lowest BCUT2D eigenvalue weighted by Gasteiger charge is -2.42. The maximum absolute atomic E-state index is 13.1. The lowest BCUT2D eigenvalue weighted by molar-refractivity contribution is -0.180. The highest BCUT2D eigenvalue weighted by molar-refractivity contribution is 9.10. The lowest BCUT2D eigenvalue weighted by Crippen LogP contribution is -2.65. The summed E-state index contributed by atoms with van der Waals surface area (Å²) in [5, 5.41) is -0.350. The third-order valence-electron chi connectivity index (χ3n) is 7.67. The SMILES string of the molecule is CC1(C)S[C@@H]2C(N=CN3CCCCCC3)C(=O)N2[C@H]1C(=O)OCOC(=O)[C@@H]1N2C(=O)[C@@H](Br)[C@H]2SC1(C)C. The number of fused-ring (bicyclic) bond motifs is 2. The third-order valence-corrected chi connectivity index (χ3v) is 12.0. The van der Waals surface area contributed by atoms with Gasteiger partial charge in [-0.25, -0.2) is 9.59 Å². The second-order valence-electron chi connectivity index (χ2n) is 11.1. The highest BCUT2D eigenvalue weighted by Crippen LogP contribution is 2.53. The van der Waals surface area contributed by atoms with Crippen LogP contribution < -0.4 is 0 Å². The molecule has 10 nitrogen and oxygen atoms in total. The number of rotatable bonds is 6. The second-order valence-corrected chi connectivity index (χ2v) is 15.7. The van der Waals surface area contributed by atoms with E-state index in [0.717, 1.165) is 25.9 Å². The predicted molar refractivity (Wildman–Crippen MR) is 144 cm³/mol. The molecule has 5 saturated heterocycles. The number of hydrogen-bond acceptors (Lipinski definition) is 9. The minimum atomic E-state index is -0.799. The second kappa shape index (κ2) is 9.93. The summed E-state index contributed by atoms with van der Waals surface area (Å²) in [5.41, 5.74) is 0. The topological polar surface area (TPSA) is 109 Å². The average molecular weight is 618 g/mol. The van der Waals surface area contributed by atoms with Gasteiger partial charge in [-0.2, -0.15) is 0 Å². The number of halogens is 1. The lowest BCUT2D eigenvalue weighted by atomic mass is 9.96. The Morgan fingerprint density at radius 1 is 0.919 bits per heavy atom. The summed E-state index contributed by atoms with van der Waals surface area (Å²) in [6.45, 7) is 8.92. The molecule has 0 saturated carbocycles. The molecule has 0 spiro atoms. The van der Waals surface area contributed by atoms with Crippen molar-refractivity contribution in [3.05, 3.63) is 0 Å². The van der Waals surface area contributed by atoms with E-state index < -0.39 is 46.4 Å². The monoisotopic (exact) mass is 616 g/mol. The molecule has 0 aromatic rings. The third kappa shape index (κ3) is 4.66. The first-order valence-corrected chi connectivity index (χ1v) is 15.4. The predicted octanol–water partition coefficient (Wildman–Crippen LogP) is 2.19. The standard InChI is InChI=1S/C24H33BrN4O6S2/c1-23(2)15(28-17(30)13(25)19(28)36-23)21(32)34-12-35-22(33)16-24(3,4)37-20-14(18(31)29(16)20)26-11-27-9-7-5-6-8-10-27/h11,13-16,19-20H,5-10,12H2,1-4H3/t13-,14?,15+,16+,19-,20-/m1/s1. The number of carbonyl (C=O) groups excluding carboxylic acids is 4. The van der Waals surface area contributed by atoms with Gasteiger partial charge in [0.1, 0.15) is 27.7 Å². The van der Waals surface area contributed by atoms with Crippen LogP contribution in [0.25, 0.3) is 0 Å². The number of alkyl halides is 1. The number of ether oxygens (including phenoxy) is 2. The Kier molecular flexibility index (Phi) is 7.27. The van der Waals surface area contributed by atoms with E-state index in [1.807, 2.05) is 27.7 Å². The van der Waals surface area contributed by atoms with Crippen LogP contribution in [0.1, 0.15) is 53.4 Å². The van der Waals surface area contributed by atoms with E-state index >= 15 is 0 Å². The molecule has 5 rings (SSSR count). The maximum Gasteiger partial charge on any atom is 0.333 e. The first-order valence-electron chi connectivity index (χ1n) is 12.7. The minimum absolute atomic E-state index is 0.122. The maximum atomic E-state index is 13.1. The smallest absolute Gasteiger partial charge is 0.333 e. The average Bonchev–Trinajstić information content (AvgIpc) is 3.07. The largest absolute Gasteiger partial charge is 0.426 e. The number of β-lactam (4-membered cyclic amide) rings is 2. The van der Waals surface area contributed by atoms with Crippen molar-refractivity contribution >= 4 is 69.5 Å². The summed E-state index contributed by atoms with van der Waals surface area (Å²) in [7, 11) is 0.